The lowest BCUT2D eigenvalue weighted by atomic mass is 10.1. The van der Waals surface area contributed by atoms with E-state index in [-0.39, 0.29) is 13.0 Å². The molecule has 3 nitrogen and oxygen atoms in total. The average molecular weight is 356 g/mol. The van der Waals surface area contributed by atoms with Crippen LogP contribution in [0, 0.1) is 0 Å². The highest BCUT2D eigenvalue weighted by molar-refractivity contribution is 9.11. The van der Waals surface area contributed by atoms with Crippen LogP contribution in [0.25, 0.3) is 0 Å². The fourth-order valence-electron chi connectivity index (χ4n) is 1.20. The highest BCUT2D eigenvalue weighted by Gasteiger charge is 2.38. The fourth-order valence-corrected chi connectivity index (χ4v) is 1.71. The monoisotopic (exact) mass is 355 g/mol. The number of aliphatic hydroxyl groups is 1. The maximum Gasteiger partial charge on any atom is 0.471 e. The Balaban J connectivity index is 4.31. The van der Waals surface area contributed by atoms with Gasteiger partial charge in [0.25, 0.3) is 0 Å². The molecule has 0 fully saturated rings. The lowest BCUT2D eigenvalue weighted by Crippen LogP contribution is -2.38. The first kappa shape index (κ1) is 18.9. The molecule has 0 heterocycles. The molecule has 0 aromatic heterocycles. The van der Waals surface area contributed by atoms with Crippen molar-refractivity contribution in [3.63, 3.8) is 0 Å². The minimum atomic E-state index is -4.89. The van der Waals surface area contributed by atoms with E-state index in [0.29, 0.717) is 5.57 Å². The molecule has 0 aromatic carbocycles. The zero-order chi connectivity index (χ0) is 15.8. The molecule has 0 saturated carbocycles. The number of allylic oxidation sites excluding steroid dienone is 5. The SMILES string of the molecule is C\C=C/C=C(Br)\C=C(/C)C(O)CCNC(=O)C(F)(F)F. The molecule has 1 amide bonds. The van der Waals surface area contributed by atoms with Gasteiger partial charge in [-0.1, -0.05) is 28.1 Å². The van der Waals surface area contributed by atoms with Crippen molar-refractivity contribution >= 4 is 21.8 Å². The Morgan fingerprint density at radius 1 is 1.45 bits per heavy atom. The van der Waals surface area contributed by atoms with Gasteiger partial charge in [-0.05, 0) is 38.0 Å². The van der Waals surface area contributed by atoms with Gasteiger partial charge in [-0.3, -0.25) is 4.79 Å². The van der Waals surface area contributed by atoms with Gasteiger partial charge in [-0.2, -0.15) is 13.2 Å². The minimum Gasteiger partial charge on any atom is -0.389 e. The third-order valence-electron chi connectivity index (χ3n) is 2.30. The molecule has 0 aromatic rings. The molecule has 1 atom stereocenters. The van der Waals surface area contributed by atoms with Crippen LogP contribution in [0.15, 0.2) is 34.4 Å². The summed E-state index contributed by atoms with van der Waals surface area (Å²) < 4.78 is 36.5. The summed E-state index contributed by atoms with van der Waals surface area (Å²) in [4.78, 5) is 10.6. The van der Waals surface area contributed by atoms with Crippen molar-refractivity contribution in [2.45, 2.75) is 32.5 Å². The molecule has 1 unspecified atom stereocenters. The zero-order valence-corrected chi connectivity index (χ0v) is 12.8. The molecule has 7 heteroatoms. The summed E-state index contributed by atoms with van der Waals surface area (Å²) in [6.45, 7) is 3.26. The number of hydrogen-bond acceptors (Lipinski definition) is 2. The van der Waals surface area contributed by atoms with Gasteiger partial charge in [-0.15, -0.1) is 0 Å². The first-order valence-electron chi connectivity index (χ1n) is 5.88. The molecule has 114 valence electrons. The Morgan fingerprint density at radius 2 is 2.05 bits per heavy atom. The van der Waals surface area contributed by atoms with Crippen molar-refractivity contribution in [1.29, 1.82) is 0 Å². The van der Waals surface area contributed by atoms with Gasteiger partial charge in [0.15, 0.2) is 0 Å². The van der Waals surface area contributed by atoms with Crippen LogP contribution in [-0.4, -0.2) is 29.8 Å². The van der Waals surface area contributed by atoms with Crippen molar-refractivity contribution < 1.29 is 23.1 Å². The second-order valence-corrected chi connectivity index (χ2v) is 4.94. The zero-order valence-electron chi connectivity index (χ0n) is 11.2. The van der Waals surface area contributed by atoms with Gasteiger partial charge < -0.3 is 10.4 Å². The highest BCUT2D eigenvalue weighted by atomic mass is 79.9. The molecule has 0 bridgehead atoms. The van der Waals surface area contributed by atoms with Crippen LogP contribution in [0.3, 0.4) is 0 Å². The summed E-state index contributed by atoms with van der Waals surface area (Å²) >= 11 is 3.27. The Kier molecular flexibility index (Phi) is 8.48. The number of rotatable bonds is 6. The second kappa shape index (κ2) is 8.97. The number of nitrogens with one attached hydrogen (secondary N) is 1. The molecule has 0 saturated heterocycles. The number of alkyl halides is 3. The summed E-state index contributed by atoms with van der Waals surface area (Å²) in [5.41, 5.74) is 0.582. The maximum absolute atomic E-state index is 11.9. The Bertz CT molecular complexity index is 414. The number of halogens is 4. The number of hydrogen-bond donors (Lipinski definition) is 2. The molecule has 0 rings (SSSR count). The largest absolute Gasteiger partial charge is 0.471 e. The van der Waals surface area contributed by atoms with E-state index in [1.165, 1.54) is 0 Å². The van der Waals surface area contributed by atoms with Crippen LogP contribution in [0.1, 0.15) is 20.3 Å². The maximum atomic E-state index is 11.9. The summed E-state index contributed by atoms with van der Waals surface area (Å²) in [5, 5.41) is 11.4. The van der Waals surface area contributed by atoms with Gasteiger partial charge >= 0.3 is 12.1 Å². The number of carbonyl (C=O) groups excluding carboxylic acids is 1. The first-order chi connectivity index (χ1) is 9.18. The molecule has 0 radical (unpaired) electrons. The molecular formula is C13H17BrF3NO2. The van der Waals surface area contributed by atoms with E-state index >= 15 is 0 Å². The second-order valence-electron chi connectivity index (χ2n) is 4.02. The third kappa shape index (κ3) is 8.16. The summed E-state index contributed by atoms with van der Waals surface area (Å²) in [6.07, 6.45) is 1.24. The Hall–Kier alpha value is -1.08. The van der Waals surface area contributed by atoms with Crippen molar-refractivity contribution in [2.75, 3.05) is 6.54 Å². The van der Waals surface area contributed by atoms with E-state index in [0.717, 1.165) is 4.48 Å². The normalized spacial score (nSPS) is 15.6. The van der Waals surface area contributed by atoms with Crippen LogP contribution >= 0.6 is 15.9 Å². The smallest absolute Gasteiger partial charge is 0.389 e. The number of carbonyl (C=O) groups is 1. The van der Waals surface area contributed by atoms with Crippen molar-refractivity contribution in [2.24, 2.45) is 0 Å². The molecule has 0 aliphatic carbocycles. The topological polar surface area (TPSA) is 49.3 Å². The summed E-state index contributed by atoms with van der Waals surface area (Å²) in [7, 11) is 0. The average Bonchev–Trinajstić information content (AvgIpc) is 2.34. The van der Waals surface area contributed by atoms with Gasteiger partial charge in [0.05, 0.1) is 6.10 Å². The standard InChI is InChI=1S/C13H17BrF3NO2/c1-3-4-5-10(14)8-9(2)11(19)6-7-18-12(20)13(15,16)17/h3-5,8,11,19H,6-7H2,1-2H3,(H,18,20)/b4-3-,9-8+,10-5+. The quantitative estimate of drug-likeness (QED) is 0.718. The molecule has 0 aliphatic heterocycles. The van der Waals surface area contributed by atoms with Gasteiger partial charge in [0, 0.05) is 11.0 Å². The molecule has 2 N–H and O–H groups in total. The van der Waals surface area contributed by atoms with Gasteiger partial charge in [0.2, 0.25) is 0 Å². The van der Waals surface area contributed by atoms with E-state index in [2.05, 4.69) is 15.9 Å². The molecule has 0 aliphatic rings. The third-order valence-corrected chi connectivity index (χ3v) is 2.79. The highest BCUT2D eigenvalue weighted by Crippen LogP contribution is 2.15. The summed E-state index contributed by atoms with van der Waals surface area (Å²) in [5.74, 6) is -2.00. The van der Waals surface area contributed by atoms with Crippen molar-refractivity contribution in [1.82, 2.24) is 5.32 Å². The van der Waals surface area contributed by atoms with Crippen LogP contribution < -0.4 is 5.32 Å². The lowest BCUT2D eigenvalue weighted by molar-refractivity contribution is -0.173. The minimum absolute atomic E-state index is 0.00799. The first-order valence-corrected chi connectivity index (χ1v) is 6.67. The van der Waals surface area contributed by atoms with Crippen LogP contribution in [0.2, 0.25) is 0 Å². The Labute approximate surface area is 124 Å². The van der Waals surface area contributed by atoms with Gasteiger partial charge in [-0.25, -0.2) is 0 Å². The van der Waals surface area contributed by atoms with Crippen molar-refractivity contribution in [3.8, 4) is 0 Å². The van der Waals surface area contributed by atoms with E-state index in [1.807, 2.05) is 13.0 Å². The molecule has 20 heavy (non-hydrogen) atoms. The van der Waals surface area contributed by atoms with Crippen molar-refractivity contribution in [3.05, 3.63) is 34.4 Å². The van der Waals surface area contributed by atoms with E-state index in [9.17, 15) is 23.1 Å². The van der Waals surface area contributed by atoms with E-state index in [1.54, 1.807) is 30.5 Å². The van der Waals surface area contributed by atoms with Gasteiger partial charge in [0.1, 0.15) is 0 Å². The number of aliphatic hydroxyl groups excluding tert-OH is 1. The lowest BCUT2D eigenvalue weighted by Gasteiger charge is -2.13. The Morgan fingerprint density at radius 3 is 2.55 bits per heavy atom. The van der Waals surface area contributed by atoms with E-state index in [4.69, 9.17) is 0 Å². The summed E-state index contributed by atoms with van der Waals surface area (Å²) in [6, 6.07) is 0. The fraction of sp³-hybridized carbons (Fsp3) is 0.462. The molecule has 0 spiro atoms. The van der Waals surface area contributed by atoms with Crippen LogP contribution in [0.4, 0.5) is 13.2 Å². The predicted molar refractivity (Wildman–Crippen MR) is 75.3 cm³/mol. The molecular weight excluding hydrogens is 339 g/mol. The number of amides is 1. The van der Waals surface area contributed by atoms with E-state index < -0.39 is 18.2 Å². The predicted octanol–water partition coefficient (Wildman–Crippen LogP) is 3.22. The van der Waals surface area contributed by atoms with Crippen LogP contribution in [0.5, 0.6) is 0 Å². The van der Waals surface area contributed by atoms with Crippen LogP contribution in [-0.2, 0) is 4.79 Å².